The molecule has 0 heterocycles. The van der Waals surface area contributed by atoms with Gasteiger partial charge in [0.15, 0.2) is 0 Å². The molecule has 1 atom stereocenters. The summed E-state index contributed by atoms with van der Waals surface area (Å²) in [5.41, 5.74) is 6.33. The second-order valence-electron chi connectivity index (χ2n) is 3.01. The van der Waals surface area contributed by atoms with Crippen molar-refractivity contribution in [3.8, 4) is 5.75 Å². The van der Waals surface area contributed by atoms with Gasteiger partial charge in [0.2, 0.25) is 0 Å². The molecule has 15 heavy (non-hydrogen) atoms. The Morgan fingerprint density at radius 2 is 2.20 bits per heavy atom. The number of aliphatic hydroxyl groups excluding tert-OH is 1. The van der Waals surface area contributed by atoms with Crippen LogP contribution in [0.25, 0.3) is 0 Å². The lowest BCUT2D eigenvalue weighted by Crippen LogP contribution is -2.13. The van der Waals surface area contributed by atoms with Crippen LogP contribution in [0.5, 0.6) is 5.75 Å². The van der Waals surface area contributed by atoms with E-state index in [1.807, 2.05) is 0 Å². The van der Waals surface area contributed by atoms with Crippen molar-refractivity contribution in [3.05, 3.63) is 29.6 Å². The zero-order valence-electron chi connectivity index (χ0n) is 8.44. The number of ether oxygens (including phenoxy) is 1. The maximum absolute atomic E-state index is 12.9. The average molecular weight is 236 g/mol. The fraction of sp³-hybridized carbons (Fsp3) is 0.400. The van der Waals surface area contributed by atoms with Crippen molar-refractivity contribution in [2.24, 2.45) is 5.73 Å². The third-order valence-electron chi connectivity index (χ3n) is 2.03. The lowest BCUT2D eigenvalue weighted by molar-refractivity contribution is 0.275. The van der Waals surface area contributed by atoms with Crippen LogP contribution >= 0.6 is 12.4 Å². The van der Waals surface area contributed by atoms with Gasteiger partial charge < -0.3 is 15.6 Å². The molecule has 3 nitrogen and oxygen atoms in total. The van der Waals surface area contributed by atoms with Gasteiger partial charge in [0.25, 0.3) is 0 Å². The first-order chi connectivity index (χ1) is 6.69. The minimum absolute atomic E-state index is 0. The maximum Gasteiger partial charge on any atom is 0.123 e. The zero-order valence-corrected chi connectivity index (χ0v) is 9.26. The van der Waals surface area contributed by atoms with E-state index < -0.39 is 6.04 Å². The van der Waals surface area contributed by atoms with Gasteiger partial charge in [-0.05, 0) is 24.6 Å². The molecule has 1 aromatic rings. The normalized spacial score (nSPS) is 11.7. The Kier molecular flexibility index (Phi) is 6.24. The fourth-order valence-electron chi connectivity index (χ4n) is 1.29. The average Bonchev–Trinajstić information content (AvgIpc) is 2.18. The molecule has 0 saturated carbocycles. The number of hydrogen-bond donors (Lipinski definition) is 2. The van der Waals surface area contributed by atoms with E-state index in [0.29, 0.717) is 17.7 Å². The molecule has 86 valence electrons. The summed E-state index contributed by atoms with van der Waals surface area (Å²) in [4.78, 5) is 0. The van der Waals surface area contributed by atoms with E-state index in [1.165, 1.54) is 25.3 Å². The molecule has 0 amide bonds. The summed E-state index contributed by atoms with van der Waals surface area (Å²) in [5.74, 6) is 0.196. The van der Waals surface area contributed by atoms with Gasteiger partial charge in [-0.1, -0.05) is 0 Å². The SMILES string of the molecule is COc1ccc(F)cc1C(N)CCO.Cl. The van der Waals surface area contributed by atoms with Crippen LogP contribution in [0.4, 0.5) is 4.39 Å². The number of halogens is 2. The molecule has 0 aliphatic heterocycles. The third kappa shape index (κ3) is 3.66. The van der Waals surface area contributed by atoms with E-state index in [9.17, 15) is 4.39 Å². The van der Waals surface area contributed by atoms with Crippen LogP contribution in [0, 0.1) is 5.82 Å². The summed E-state index contributed by atoms with van der Waals surface area (Å²) in [6, 6.07) is 3.78. The van der Waals surface area contributed by atoms with Crippen molar-refractivity contribution >= 4 is 12.4 Å². The van der Waals surface area contributed by atoms with Crippen LogP contribution in [0.15, 0.2) is 18.2 Å². The summed E-state index contributed by atoms with van der Waals surface area (Å²) in [6.07, 6.45) is 0.389. The maximum atomic E-state index is 12.9. The minimum atomic E-state index is -0.398. The second kappa shape index (κ2) is 6.61. The predicted molar refractivity (Wildman–Crippen MR) is 58.8 cm³/mol. The monoisotopic (exact) mass is 235 g/mol. The molecule has 3 N–H and O–H groups in total. The molecule has 5 heteroatoms. The standard InChI is InChI=1S/C10H14FNO2.ClH/c1-14-10-3-2-7(11)6-8(10)9(12)4-5-13;/h2-3,6,9,13H,4-5,12H2,1H3;1H. The molecule has 1 rings (SSSR count). The van der Waals surface area contributed by atoms with Crippen LogP contribution in [0.1, 0.15) is 18.0 Å². The van der Waals surface area contributed by atoms with E-state index in [0.717, 1.165) is 0 Å². The Balaban J connectivity index is 0.00000196. The van der Waals surface area contributed by atoms with E-state index in [1.54, 1.807) is 0 Å². The summed E-state index contributed by atoms with van der Waals surface area (Å²) in [6.45, 7) is -0.0270. The van der Waals surface area contributed by atoms with Gasteiger partial charge in [-0.25, -0.2) is 4.39 Å². The molecule has 0 bridgehead atoms. The highest BCUT2D eigenvalue weighted by molar-refractivity contribution is 5.85. The first-order valence-corrected chi connectivity index (χ1v) is 4.39. The molecule has 1 unspecified atom stereocenters. The van der Waals surface area contributed by atoms with Gasteiger partial charge in [0, 0.05) is 18.2 Å². The highest BCUT2D eigenvalue weighted by Gasteiger charge is 2.12. The van der Waals surface area contributed by atoms with E-state index in [-0.39, 0.29) is 24.8 Å². The molecule has 1 aromatic carbocycles. The van der Waals surface area contributed by atoms with Crippen LogP contribution in [-0.2, 0) is 0 Å². The first-order valence-electron chi connectivity index (χ1n) is 4.39. The second-order valence-corrected chi connectivity index (χ2v) is 3.01. The molecule has 0 aromatic heterocycles. The van der Waals surface area contributed by atoms with Gasteiger partial charge >= 0.3 is 0 Å². The number of hydrogen-bond acceptors (Lipinski definition) is 3. The lowest BCUT2D eigenvalue weighted by atomic mass is 10.0. The lowest BCUT2D eigenvalue weighted by Gasteiger charge is -2.14. The third-order valence-corrected chi connectivity index (χ3v) is 2.03. The Bertz CT molecular complexity index is 309. The topological polar surface area (TPSA) is 55.5 Å². The van der Waals surface area contributed by atoms with E-state index >= 15 is 0 Å². The van der Waals surface area contributed by atoms with Crippen LogP contribution in [0.3, 0.4) is 0 Å². The first kappa shape index (κ1) is 14.2. The molecule has 0 spiro atoms. The van der Waals surface area contributed by atoms with E-state index in [4.69, 9.17) is 15.6 Å². The largest absolute Gasteiger partial charge is 0.496 e. The Morgan fingerprint density at radius 3 is 2.73 bits per heavy atom. The smallest absolute Gasteiger partial charge is 0.123 e. The number of benzene rings is 1. The van der Waals surface area contributed by atoms with Crippen molar-refractivity contribution in [3.63, 3.8) is 0 Å². The van der Waals surface area contributed by atoms with Crippen molar-refractivity contribution in [2.75, 3.05) is 13.7 Å². The van der Waals surface area contributed by atoms with Crippen LogP contribution in [0.2, 0.25) is 0 Å². The van der Waals surface area contributed by atoms with Gasteiger partial charge in [-0.15, -0.1) is 12.4 Å². The molecule has 0 aliphatic carbocycles. The number of rotatable bonds is 4. The van der Waals surface area contributed by atoms with Crippen LogP contribution < -0.4 is 10.5 Å². The Labute approximate surface area is 94.5 Å². The number of nitrogens with two attached hydrogens (primary N) is 1. The number of methoxy groups -OCH3 is 1. The Hall–Kier alpha value is -0.840. The minimum Gasteiger partial charge on any atom is -0.496 e. The van der Waals surface area contributed by atoms with Crippen LogP contribution in [-0.4, -0.2) is 18.8 Å². The van der Waals surface area contributed by atoms with Gasteiger partial charge in [0.1, 0.15) is 11.6 Å². The highest BCUT2D eigenvalue weighted by atomic mass is 35.5. The van der Waals surface area contributed by atoms with Crippen molar-refractivity contribution in [2.45, 2.75) is 12.5 Å². The molecular formula is C10H15ClFNO2. The van der Waals surface area contributed by atoms with Crippen molar-refractivity contribution in [1.29, 1.82) is 0 Å². The zero-order chi connectivity index (χ0) is 10.6. The van der Waals surface area contributed by atoms with Gasteiger partial charge in [-0.2, -0.15) is 0 Å². The molecule has 0 saturated heterocycles. The highest BCUT2D eigenvalue weighted by Crippen LogP contribution is 2.26. The Morgan fingerprint density at radius 1 is 1.53 bits per heavy atom. The fourth-order valence-corrected chi connectivity index (χ4v) is 1.29. The summed E-state index contributed by atoms with van der Waals surface area (Å²) in [7, 11) is 1.50. The molecule has 0 fully saturated rings. The molecule has 0 radical (unpaired) electrons. The predicted octanol–water partition coefficient (Wildman–Crippen LogP) is 1.64. The summed E-state index contributed by atoms with van der Waals surface area (Å²) >= 11 is 0. The summed E-state index contributed by atoms with van der Waals surface area (Å²) in [5, 5.41) is 8.72. The van der Waals surface area contributed by atoms with Gasteiger partial charge in [0.05, 0.1) is 7.11 Å². The van der Waals surface area contributed by atoms with Gasteiger partial charge in [-0.3, -0.25) is 0 Å². The molecular weight excluding hydrogens is 221 g/mol. The van der Waals surface area contributed by atoms with Crippen molar-refractivity contribution in [1.82, 2.24) is 0 Å². The molecule has 0 aliphatic rings. The number of aliphatic hydroxyl groups is 1. The summed E-state index contributed by atoms with van der Waals surface area (Å²) < 4.78 is 18.0. The van der Waals surface area contributed by atoms with Crippen molar-refractivity contribution < 1.29 is 14.2 Å². The van der Waals surface area contributed by atoms with E-state index in [2.05, 4.69) is 0 Å². The quantitative estimate of drug-likeness (QED) is 0.834.